The molecule has 4 rings (SSSR count). The minimum absolute atomic E-state index is 0.399. The van der Waals surface area contributed by atoms with Gasteiger partial charge in [0.25, 0.3) is 0 Å². The van der Waals surface area contributed by atoms with Crippen LogP contribution in [0.3, 0.4) is 0 Å². The molecule has 0 saturated heterocycles. The van der Waals surface area contributed by atoms with Crippen LogP contribution in [-0.2, 0) is 6.42 Å². The first kappa shape index (κ1) is 18.8. The normalized spacial score (nSPS) is 13.0. The van der Waals surface area contributed by atoms with Crippen LogP contribution >= 0.6 is 0 Å². The molecule has 4 aromatic rings. The van der Waals surface area contributed by atoms with Gasteiger partial charge in [-0.05, 0) is 26.1 Å². The maximum absolute atomic E-state index is 5.95. The van der Waals surface area contributed by atoms with E-state index in [4.69, 9.17) is 15.7 Å². The van der Waals surface area contributed by atoms with E-state index in [1.807, 2.05) is 6.20 Å². The topological polar surface area (TPSA) is 55.0 Å². The van der Waals surface area contributed by atoms with Crippen LogP contribution in [0.15, 0.2) is 54.7 Å². The maximum Gasteiger partial charge on any atom is 0.0974 e. The number of nitrogens with zero attached hydrogens (tertiary/aromatic N) is 3. The van der Waals surface area contributed by atoms with Gasteiger partial charge >= 0.3 is 0 Å². The highest BCUT2D eigenvalue weighted by Crippen LogP contribution is 2.30. The van der Waals surface area contributed by atoms with E-state index in [0.29, 0.717) is 12.6 Å². The number of fused-ring (bicyclic) bond motifs is 5. The number of hydrogen-bond acceptors (Lipinski definition) is 4. The van der Waals surface area contributed by atoms with Gasteiger partial charge in [0.05, 0.1) is 16.7 Å². The molecule has 1 atom stereocenters. The molecule has 2 N–H and O–H groups in total. The van der Waals surface area contributed by atoms with Gasteiger partial charge in [-0.2, -0.15) is 0 Å². The van der Waals surface area contributed by atoms with Crippen LogP contribution in [0.2, 0.25) is 0 Å². The lowest BCUT2D eigenvalue weighted by atomic mass is 9.99. The van der Waals surface area contributed by atoms with Crippen molar-refractivity contribution in [1.82, 2.24) is 14.9 Å². The summed E-state index contributed by atoms with van der Waals surface area (Å²) in [6.45, 7) is 7.18. The molecule has 0 spiro atoms. The summed E-state index contributed by atoms with van der Waals surface area (Å²) >= 11 is 0. The second kappa shape index (κ2) is 8.21. The number of rotatable bonds is 7. The van der Waals surface area contributed by atoms with Crippen molar-refractivity contribution < 1.29 is 0 Å². The summed E-state index contributed by atoms with van der Waals surface area (Å²) in [6.07, 6.45) is 3.83. The van der Waals surface area contributed by atoms with Crippen molar-refractivity contribution in [1.29, 1.82) is 0 Å². The minimum atomic E-state index is 0.399. The number of hydrogen-bond donors (Lipinski definition) is 1. The van der Waals surface area contributed by atoms with Crippen LogP contribution < -0.4 is 5.73 Å². The Balaban J connectivity index is 1.94. The molecule has 1 unspecified atom stereocenters. The van der Waals surface area contributed by atoms with E-state index in [2.05, 4.69) is 67.3 Å². The number of likely N-dealkylation sites (N-methyl/N-ethyl adjacent to an activating group) is 1. The highest BCUT2D eigenvalue weighted by atomic mass is 15.1. The monoisotopic (exact) mass is 372 g/mol. The quantitative estimate of drug-likeness (QED) is 0.484. The fraction of sp³-hybridized carbons (Fsp3) is 0.333. The predicted molar refractivity (Wildman–Crippen MR) is 119 cm³/mol. The van der Waals surface area contributed by atoms with Gasteiger partial charge in [-0.3, -0.25) is 4.98 Å². The summed E-state index contributed by atoms with van der Waals surface area (Å²) < 4.78 is 0. The summed E-state index contributed by atoms with van der Waals surface area (Å²) in [5, 5.41) is 4.68. The van der Waals surface area contributed by atoms with E-state index in [1.54, 1.807) is 0 Å². The Labute approximate surface area is 166 Å². The molecule has 0 aliphatic carbocycles. The van der Waals surface area contributed by atoms with E-state index < -0.39 is 0 Å². The van der Waals surface area contributed by atoms with Gasteiger partial charge < -0.3 is 10.6 Å². The van der Waals surface area contributed by atoms with Crippen molar-refractivity contribution in [2.45, 2.75) is 32.7 Å². The maximum atomic E-state index is 5.95. The number of pyridine rings is 2. The zero-order valence-electron chi connectivity index (χ0n) is 16.7. The van der Waals surface area contributed by atoms with Crippen molar-refractivity contribution in [3.8, 4) is 0 Å². The van der Waals surface area contributed by atoms with Gasteiger partial charge in [-0.25, -0.2) is 4.98 Å². The molecule has 28 heavy (non-hydrogen) atoms. The number of nitrogens with two attached hydrogens (primary N) is 1. The van der Waals surface area contributed by atoms with Crippen molar-refractivity contribution >= 4 is 32.6 Å². The van der Waals surface area contributed by atoms with Gasteiger partial charge in [0.1, 0.15) is 0 Å². The molecule has 0 bridgehead atoms. The number of benzene rings is 2. The van der Waals surface area contributed by atoms with Crippen LogP contribution in [0.4, 0.5) is 0 Å². The molecule has 2 aromatic carbocycles. The lowest BCUT2D eigenvalue weighted by Gasteiger charge is -2.29. The largest absolute Gasteiger partial charge is 0.330 e. The zero-order valence-corrected chi connectivity index (χ0v) is 16.7. The van der Waals surface area contributed by atoms with E-state index in [-0.39, 0.29) is 0 Å². The summed E-state index contributed by atoms with van der Waals surface area (Å²) in [5.41, 5.74) is 9.08. The van der Waals surface area contributed by atoms with E-state index in [1.165, 1.54) is 10.8 Å². The highest BCUT2D eigenvalue weighted by Gasteiger charge is 2.19. The lowest BCUT2D eigenvalue weighted by molar-refractivity contribution is 0.206. The van der Waals surface area contributed by atoms with Gasteiger partial charge in [-0.15, -0.1) is 0 Å². The van der Waals surface area contributed by atoms with Gasteiger partial charge in [0.2, 0.25) is 0 Å². The van der Waals surface area contributed by atoms with Gasteiger partial charge in [-0.1, -0.05) is 62.4 Å². The molecule has 2 aromatic heterocycles. The molecule has 0 radical (unpaired) electrons. The average Bonchev–Trinajstić information content (AvgIpc) is 2.74. The van der Waals surface area contributed by atoms with Gasteiger partial charge in [0.15, 0.2) is 0 Å². The molecule has 144 valence electrons. The highest BCUT2D eigenvalue weighted by molar-refractivity contribution is 6.13. The summed E-state index contributed by atoms with van der Waals surface area (Å²) in [6, 6.07) is 17.3. The first-order valence-corrected chi connectivity index (χ1v) is 10.3. The molecule has 4 nitrogen and oxygen atoms in total. The number of aromatic nitrogens is 2. The van der Waals surface area contributed by atoms with Crippen LogP contribution in [0, 0.1) is 0 Å². The van der Waals surface area contributed by atoms with E-state index in [9.17, 15) is 0 Å². The van der Waals surface area contributed by atoms with Crippen molar-refractivity contribution in [3.63, 3.8) is 0 Å². The fourth-order valence-electron chi connectivity index (χ4n) is 4.32. The second-order valence-electron chi connectivity index (χ2n) is 7.30. The Morgan fingerprint density at radius 1 is 0.893 bits per heavy atom. The van der Waals surface area contributed by atoms with E-state index in [0.717, 1.165) is 53.4 Å². The fourth-order valence-corrected chi connectivity index (χ4v) is 4.32. The smallest absolute Gasteiger partial charge is 0.0974 e. The lowest BCUT2D eigenvalue weighted by Crippen LogP contribution is -2.38. The standard InChI is InChI=1S/C24H28N4/c1-3-28(4-2)18(13-14-25)15-22-20-11-7-8-12-21(20)23-24(27-22)19-10-6-5-9-17(19)16-26-23/h5-12,16,18H,3-4,13-15,25H2,1-2H3. The summed E-state index contributed by atoms with van der Waals surface area (Å²) in [7, 11) is 0. The molecular weight excluding hydrogens is 344 g/mol. The Bertz CT molecular complexity index is 1100. The molecule has 0 saturated carbocycles. The Morgan fingerprint density at radius 2 is 1.57 bits per heavy atom. The first-order chi connectivity index (χ1) is 13.8. The summed E-state index contributed by atoms with van der Waals surface area (Å²) in [4.78, 5) is 12.4. The molecular formula is C24H28N4. The Morgan fingerprint density at radius 3 is 2.29 bits per heavy atom. The molecule has 0 fully saturated rings. The summed E-state index contributed by atoms with van der Waals surface area (Å²) in [5.74, 6) is 0. The third-order valence-corrected chi connectivity index (χ3v) is 5.77. The molecule has 2 heterocycles. The first-order valence-electron chi connectivity index (χ1n) is 10.3. The minimum Gasteiger partial charge on any atom is -0.330 e. The average molecular weight is 373 g/mol. The second-order valence-corrected chi connectivity index (χ2v) is 7.30. The Kier molecular flexibility index (Phi) is 5.51. The Hall–Kier alpha value is -2.56. The van der Waals surface area contributed by atoms with Crippen molar-refractivity contribution in [2.24, 2.45) is 5.73 Å². The van der Waals surface area contributed by atoms with Crippen LogP contribution in [0.1, 0.15) is 26.0 Å². The third kappa shape index (κ3) is 3.34. The van der Waals surface area contributed by atoms with Crippen LogP contribution in [0.5, 0.6) is 0 Å². The molecule has 4 heteroatoms. The van der Waals surface area contributed by atoms with Crippen molar-refractivity contribution in [2.75, 3.05) is 19.6 Å². The zero-order chi connectivity index (χ0) is 19.5. The van der Waals surface area contributed by atoms with E-state index >= 15 is 0 Å². The van der Waals surface area contributed by atoms with Crippen molar-refractivity contribution in [3.05, 3.63) is 60.4 Å². The molecule has 0 aliphatic rings. The SMILES string of the molecule is CCN(CC)C(CCN)Cc1nc2c3ccccc3cnc2c2ccccc12. The van der Waals surface area contributed by atoms with Gasteiger partial charge in [0, 0.05) is 40.2 Å². The third-order valence-electron chi connectivity index (χ3n) is 5.77. The van der Waals surface area contributed by atoms with Crippen LogP contribution in [-0.4, -0.2) is 40.5 Å². The van der Waals surface area contributed by atoms with Crippen LogP contribution in [0.25, 0.3) is 32.6 Å². The predicted octanol–water partition coefficient (Wildman–Crippen LogP) is 4.54. The molecule has 0 aliphatic heterocycles. The molecule has 0 amide bonds.